The van der Waals surface area contributed by atoms with Gasteiger partial charge in [0.1, 0.15) is 28.8 Å². The molecule has 9 heteroatoms. The number of nitrogens with zero attached hydrogens (tertiary/aromatic N) is 1. The minimum Gasteiger partial charge on any atom is -0.511 e. The number of hydrogen-bond donors (Lipinski definition) is 2. The van der Waals surface area contributed by atoms with E-state index in [0.717, 1.165) is 53.5 Å². The van der Waals surface area contributed by atoms with Gasteiger partial charge >= 0.3 is 0 Å². The molecule has 0 saturated heterocycles. The highest BCUT2D eigenvalue weighted by molar-refractivity contribution is 6.39. The Bertz CT molecular complexity index is 1320. The number of halogens is 5. The molecule has 0 spiro atoms. The fourth-order valence-electron chi connectivity index (χ4n) is 4.61. The van der Waals surface area contributed by atoms with Crippen molar-refractivity contribution in [1.82, 2.24) is 5.32 Å². The molecule has 188 valence electrons. The van der Waals surface area contributed by atoms with E-state index in [0.29, 0.717) is 12.0 Å². The van der Waals surface area contributed by atoms with Gasteiger partial charge in [0.25, 0.3) is 5.91 Å². The van der Waals surface area contributed by atoms with Crippen molar-refractivity contribution in [1.29, 1.82) is 0 Å². The van der Waals surface area contributed by atoms with Crippen LogP contribution in [0.4, 0.5) is 18.9 Å². The molecular formula is C27H23Cl2F3N2O2. The van der Waals surface area contributed by atoms with E-state index in [9.17, 15) is 23.1 Å². The highest BCUT2D eigenvalue weighted by Crippen LogP contribution is 2.44. The molecule has 3 aromatic rings. The molecule has 0 fully saturated rings. The maximum Gasteiger partial charge on any atom is 0.257 e. The van der Waals surface area contributed by atoms with Gasteiger partial charge in [0.2, 0.25) is 0 Å². The van der Waals surface area contributed by atoms with Crippen LogP contribution in [0.15, 0.2) is 54.8 Å². The Balaban J connectivity index is 1.73. The Morgan fingerprint density at radius 1 is 1.14 bits per heavy atom. The number of carbonyl (C=O) groups is 1. The summed E-state index contributed by atoms with van der Waals surface area (Å²) in [7, 11) is 1.92. The zero-order valence-electron chi connectivity index (χ0n) is 19.3. The normalized spacial score (nSPS) is 13.8. The smallest absolute Gasteiger partial charge is 0.257 e. The SMILES string of the molecule is C=C(O)[C@H](Cc1ccc(-c2c(Cl)cc(F)cc2Cl)c2c1CCCN2C)NC(=O)c1c(F)cccc1F. The fourth-order valence-corrected chi connectivity index (χ4v) is 5.27. The number of aliphatic hydroxyl groups excluding tert-OH is 1. The van der Waals surface area contributed by atoms with Crippen LogP contribution in [-0.2, 0) is 12.8 Å². The molecule has 1 atom stereocenters. The summed E-state index contributed by atoms with van der Waals surface area (Å²) in [5.41, 5.74) is 3.08. The summed E-state index contributed by atoms with van der Waals surface area (Å²) >= 11 is 12.7. The van der Waals surface area contributed by atoms with Crippen LogP contribution in [0.1, 0.15) is 27.9 Å². The second-order valence-corrected chi connectivity index (χ2v) is 9.50. The summed E-state index contributed by atoms with van der Waals surface area (Å²) in [5, 5.41) is 13.1. The first-order valence-corrected chi connectivity index (χ1v) is 12.0. The monoisotopic (exact) mass is 534 g/mol. The van der Waals surface area contributed by atoms with Crippen molar-refractivity contribution in [3.8, 4) is 11.1 Å². The molecule has 0 unspecified atom stereocenters. The average Bonchev–Trinajstić information content (AvgIpc) is 2.79. The molecule has 2 N–H and O–H groups in total. The largest absolute Gasteiger partial charge is 0.511 e. The molecule has 1 aliphatic rings. The van der Waals surface area contributed by atoms with Crippen molar-refractivity contribution in [2.24, 2.45) is 0 Å². The highest BCUT2D eigenvalue weighted by atomic mass is 35.5. The highest BCUT2D eigenvalue weighted by Gasteiger charge is 2.27. The molecule has 1 amide bonds. The van der Waals surface area contributed by atoms with Gasteiger partial charge in [-0.05, 0) is 48.2 Å². The van der Waals surface area contributed by atoms with Gasteiger partial charge in [-0.2, -0.15) is 0 Å². The van der Waals surface area contributed by atoms with Crippen molar-refractivity contribution in [2.45, 2.75) is 25.3 Å². The number of rotatable bonds is 6. The second kappa shape index (κ2) is 10.4. The first-order chi connectivity index (χ1) is 17.1. The molecule has 36 heavy (non-hydrogen) atoms. The minimum absolute atomic E-state index is 0.123. The molecule has 4 rings (SSSR count). The molecule has 1 heterocycles. The Labute approximate surface area is 217 Å². The molecule has 1 aliphatic heterocycles. The molecule has 0 radical (unpaired) electrons. The Kier molecular flexibility index (Phi) is 7.52. The van der Waals surface area contributed by atoms with E-state index in [4.69, 9.17) is 23.2 Å². The second-order valence-electron chi connectivity index (χ2n) is 8.69. The van der Waals surface area contributed by atoms with E-state index >= 15 is 0 Å². The number of carbonyl (C=O) groups excluding carboxylic acids is 1. The Morgan fingerprint density at radius 3 is 2.39 bits per heavy atom. The molecule has 3 aromatic carbocycles. The van der Waals surface area contributed by atoms with Crippen LogP contribution in [0.3, 0.4) is 0 Å². The summed E-state index contributed by atoms with van der Waals surface area (Å²) in [5.74, 6) is -3.92. The van der Waals surface area contributed by atoms with Gasteiger partial charge in [-0.3, -0.25) is 4.79 Å². The first kappa shape index (κ1) is 25.9. The fraction of sp³-hybridized carbons (Fsp3) is 0.222. The van der Waals surface area contributed by atoms with E-state index in [1.165, 1.54) is 12.1 Å². The Morgan fingerprint density at radius 2 is 1.78 bits per heavy atom. The van der Waals surface area contributed by atoms with Crippen molar-refractivity contribution in [3.63, 3.8) is 0 Å². The van der Waals surface area contributed by atoms with Gasteiger partial charge in [-0.1, -0.05) is 48.0 Å². The zero-order chi connectivity index (χ0) is 26.1. The van der Waals surface area contributed by atoms with Gasteiger partial charge in [-0.25, -0.2) is 13.2 Å². The van der Waals surface area contributed by atoms with Crippen LogP contribution in [0.25, 0.3) is 11.1 Å². The van der Waals surface area contributed by atoms with Crippen molar-refractivity contribution in [2.75, 3.05) is 18.5 Å². The number of benzene rings is 3. The summed E-state index contributed by atoms with van der Waals surface area (Å²) in [6.07, 6.45) is 1.67. The van der Waals surface area contributed by atoms with Crippen LogP contribution in [0.2, 0.25) is 10.0 Å². The van der Waals surface area contributed by atoms with Crippen LogP contribution in [0, 0.1) is 17.5 Å². The third-order valence-corrected chi connectivity index (χ3v) is 6.88. The molecule has 0 saturated carbocycles. The number of aliphatic hydroxyl groups is 1. The lowest BCUT2D eigenvalue weighted by Gasteiger charge is -2.33. The van der Waals surface area contributed by atoms with Crippen molar-refractivity contribution in [3.05, 3.63) is 99.0 Å². The lowest BCUT2D eigenvalue weighted by molar-refractivity contribution is 0.0925. The molecule has 4 nitrogen and oxygen atoms in total. The van der Waals surface area contributed by atoms with Crippen LogP contribution >= 0.6 is 23.2 Å². The predicted molar refractivity (Wildman–Crippen MR) is 137 cm³/mol. The van der Waals surface area contributed by atoms with Crippen molar-refractivity contribution >= 4 is 34.8 Å². The maximum atomic E-state index is 14.1. The molecule has 0 aromatic heterocycles. The summed E-state index contributed by atoms with van der Waals surface area (Å²) in [6, 6.07) is 8.15. The third-order valence-electron chi connectivity index (χ3n) is 6.28. The minimum atomic E-state index is -1.01. The van der Waals surface area contributed by atoms with Gasteiger partial charge < -0.3 is 15.3 Å². The van der Waals surface area contributed by atoms with Gasteiger partial charge in [-0.15, -0.1) is 0 Å². The molecular weight excluding hydrogens is 512 g/mol. The lowest BCUT2D eigenvalue weighted by atomic mass is 9.87. The van der Waals surface area contributed by atoms with Gasteiger partial charge in [0.15, 0.2) is 0 Å². The van der Waals surface area contributed by atoms with E-state index in [1.807, 2.05) is 18.0 Å². The summed E-state index contributed by atoms with van der Waals surface area (Å²) in [4.78, 5) is 14.7. The number of anilines is 1. The van der Waals surface area contributed by atoms with Gasteiger partial charge in [0.05, 0.1) is 16.1 Å². The predicted octanol–water partition coefficient (Wildman–Crippen LogP) is 6.87. The van der Waals surface area contributed by atoms with Crippen LogP contribution < -0.4 is 10.2 Å². The number of nitrogens with one attached hydrogen (secondary N) is 1. The molecule has 0 bridgehead atoms. The first-order valence-electron chi connectivity index (χ1n) is 11.2. The van der Waals surface area contributed by atoms with E-state index in [1.54, 1.807) is 6.07 Å². The lowest BCUT2D eigenvalue weighted by Crippen LogP contribution is -2.39. The summed E-state index contributed by atoms with van der Waals surface area (Å²) in [6.45, 7) is 4.30. The number of fused-ring (bicyclic) bond motifs is 1. The Hall–Kier alpha value is -3.16. The van der Waals surface area contributed by atoms with Crippen LogP contribution in [-0.4, -0.2) is 30.6 Å². The quantitative estimate of drug-likeness (QED) is 0.339. The third kappa shape index (κ3) is 5.04. The molecule has 0 aliphatic carbocycles. The maximum absolute atomic E-state index is 14.1. The number of hydrogen-bond acceptors (Lipinski definition) is 3. The van der Waals surface area contributed by atoms with E-state index in [2.05, 4.69) is 11.9 Å². The van der Waals surface area contributed by atoms with E-state index in [-0.39, 0.29) is 22.2 Å². The van der Waals surface area contributed by atoms with Crippen LogP contribution in [0.5, 0.6) is 0 Å². The van der Waals surface area contributed by atoms with Gasteiger partial charge in [0, 0.05) is 36.8 Å². The zero-order valence-corrected chi connectivity index (χ0v) is 20.9. The summed E-state index contributed by atoms with van der Waals surface area (Å²) < 4.78 is 42.0. The number of amides is 1. The average molecular weight is 535 g/mol. The van der Waals surface area contributed by atoms with Crippen molar-refractivity contribution < 1.29 is 23.1 Å². The topological polar surface area (TPSA) is 52.6 Å². The standard InChI is InChI=1S/C27H23Cl2F3N2O2/c1-14(35)23(33-27(36)25-21(31)6-3-7-22(25)32)11-15-8-9-18(26-17(15)5-4-10-34(26)2)24-19(28)12-16(30)13-20(24)29/h3,6-9,12-13,23,35H,1,4-5,10-11H2,2H3,(H,33,36)/t23-/m0/s1. The van der Waals surface area contributed by atoms with E-state index < -0.39 is 35.0 Å².